The van der Waals surface area contributed by atoms with Crippen LogP contribution in [0.3, 0.4) is 0 Å². The topological polar surface area (TPSA) is 49.4 Å². The maximum Gasteiger partial charge on any atom is 0.254 e. The van der Waals surface area contributed by atoms with Crippen molar-refractivity contribution >= 4 is 27.7 Å². The molecule has 1 aromatic rings. The van der Waals surface area contributed by atoms with Crippen molar-refractivity contribution in [3.8, 4) is 0 Å². The molecule has 0 aliphatic carbocycles. The molecule has 0 spiro atoms. The van der Waals surface area contributed by atoms with Gasteiger partial charge in [0.1, 0.15) is 0 Å². The Morgan fingerprint density at radius 2 is 1.89 bits per heavy atom. The van der Waals surface area contributed by atoms with Crippen LogP contribution in [0.5, 0.6) is 0 Å². The fourth-order valence-electron chi connectivity index (χ4n) is 1.69. The molecule has 1 rings (SSSR count). The number of carbonyl (C=O) groups excluding carboxylic acids is 2. The standard InChI is InChI=1S/C14H19BrN2O2/c1-3-8-17(10-13(18)16-2)14(19)12-6-4-11(9-15)5-7-12/h4-7H,3,8-10H2,1-2H3,(H,16,18). The van der Waals surface area contributed by atoms with Gasteiger partial charge in [-0.15, -0.1) is 0 Å². The molecular weight excluding hydrogens is 308 g/mol. The van der Waals surface area contributed by atoms with E-state index in [1.807, 2.05) is 19.1 Å². The van der Waals surface area contributed by atoms with E-state index < -0.39 is 0 Å². The molecule has 5 heteroatoms. The van der Waals surface area contributed by atoms with E-state index in [2.05, 4.69) is 21.2 Å². The highest BCUT2D eigenvalue weighted by Gasteiger charge is 2.17. The van der Waals surface area contributed by atoms with E-state index in [-0.39, 0.29) is 18.4 Å². The fourth-order valence-corrected chi connectivity index (χ4v) is 2.07. The largest absolute Gasteiger partial charge is 0.358 e. The van der Waals surface area contributed by atoms with Crippen LogP contribution in [0.1, 0.15) is 29.3 Å². The molecule has 0 unspecified atom stereocenters. The molecule has 0 saturated carbocycles. The van der Waals surface area contributed by atoms with E-state index in [1.165, 1.54) is 0 Å². The van der Waals surface area contributed by atoms with E-state index >= 15 is 0 Å². The molecule has 0 fully saturated rings. The Hall–Kier alpha value is -1.36. The van der Waals surface area contributed by atoms with Crippen LogP contribution in [0.2, 0.25) is 0 Å². The van der Waals surface area contributed by atoms with Crippen LogP contribution in [-0.2, 0) is 10.1 Å². The molecular formula is C14H19BrN2O2. The molecule has 19 heavy (non-hydrogen) atoms. The lowest BCUT2D eigenvalue weighted by Gasteiger charge is -2.21. The number of hydrogen-bond donors (Lipinski definition) is 1. The van der Waals surface area contributed by atoms with Crippen molar-refractivity contribution in [2.75, 3.05) is 20.1 Å². The van der Waals surface area contributed by atoms with Gasteiger partial charge in [0.15, 0.2) is 0 Å². The molecule has 0 atom stereocenters. The summed E-state index contributed by atoms with van der Waals surface area (Å²) in [6.45, 7) is 2.66. The number of rotatable bonds is 6. The highest BCUT2D eigenvalue weighted by Crippen LogP contribution is 2.10. The number of hydrogen-bond acceptors (Lipinski definition) is 2. The maximum atomic E-state index is 12.3. The van der Waals surface area contributed by atoms with Gasteiger partial charge >= 0.3 is 0 Å². The van der Waals surface area contributed by atoms with Gasteiger partial charge in [-0.2, -0.15) is 0 Å². The normalized spacial score (nSPS) is 10.1. The molecule has 0 aliphatic rings. The van der Waals surface area contributed by atoms with E-state index in [0.29, 0.717) is 12.1 Å². The summed E-state index contributed by atoms with van der Waals surface area (Å²) in [5, 5.41) is 3.30. The molecule has 104 valence electrons. The van der Waals surface area contributed by atoms with Gasteiger partial charge in [-0.25, -0.2) is 0 Å². The van der Waals surface area contributed by atoms with Crippen LogP contribution >= 0.6 is 15.9 Å². The zero-order valence-corrected chi connectivity index (χ0v) is 12.9. The third kappa shape index (κ3) is 4.67. The molecule has 1 N–H and O–H groups in total. The van der Waals surface area contributed by atoms with Gasteiger partial charge in [0.05, 0.1) is 6.54 Å². The molecule has 0 heterocycles. The van der Waals surface area contributed by atoms with E-state index in [9.17, 15) is 9.59 Å². The van der Waals surface area contributed by atoms with E-state index in [1.54, 1.807) is 24.1 Å². The lowest BCUT2D eigenvalue weighted by atomic mass is 10.1. The predicted molar refractivity (Wildman–Crippen MR) is 79.3 cm³/mol. The summed E-state index contributed by atoms with van der Waals surface area (Å²) in [6.07, 6.45) is 0.822. The van der Waals surface area contributed by atoms with Crippen molar-refractivity contribution in [3.05, 3.63) is 35.4 Å². The van der Waals surface area contributed by atoms with Gasteiger partial charge < -0.3 is 10.2 Å². The second kappa shape index (κ2) is 7.94. The quantitative estimate of drug-likeness (QED) is 0.814. The Morgan fingerprint density at radius 3 is 2.37 bits per heavy atom. The highest BCUT2D eigenvalue weighted by atomic mass is 79.9. The molecule has 0 bridgehead atoms. The predicted octanol–water partition coefficient (Wildman–Crippen LogP) is 2.18. The summed E-state index contributed by atoms with van der Waals surface area (Å²) in [6, 6.07) is 7.41. The van der Waals surface area contributed by atoms with Crippen LogP contribution < -0.4 is 5.32 Å². The molecule has 1 aromatic carbocycles. The first-order valence-corrected chi connectivity index (χ1v) is 7.39. The Bertz CT molecular complexity index is 432. The lowest BCUT2D eigenvalue weighted by Crippen LogP contribution is -2.40. The zero-order chi connectivity index (χ0) is 14.3. The SMILES string of the molecule is CCCN(CC(=O)NC)C(=O)c1ccc(CBr)cc1. The number of alkyl halides is 1. The van der Waals surface area contributed by atoms with E-state index in [4.69, 9.17) is 0 Å². The number of nitrogens with zero attached hydrogens (tertiary/aromatic N) is 1. The zero-order valence-electron chi connectivity index (χ0n) is 11.3. The van der Waals surface area contributed by atoms with Crippen LogP contribution in [0.4, 0.5) is 0 Å². The second-order valence-electron chi connectivity index (χ2n) is 4.23. The number of benzene rings is 1. The van der Waals surface area contributed by atoms with Crippen molar-refractivity contribution in [2.45, 2.75) is 18.7 Å². The third-order valence-electron chi connectivity index (χ3n) is 2.75. The van der Waals surface area contributed by atoms with Gasteiger partial charge in [-0.05, 0) is 24.1 Å². The Balaban J connectivity index is 2.82. The van der Waals surface area contributed by atoms with Crippen LogP contribution in [-0.4, -0.2) is 36.9 Å². The summed E-state index contributed by atoms with van der Waals surface area (Å²) in [4.78, 5) is 25.3. The third-order valence-corrected chi connectivity index (χ3v) is 3.40. The van der Waals surface area contributed by atoms with Crippen molar-refractivity contribution < 1.29 is 9.59 Å². The van der Waals surface area contributed by atoms with Gasteiger partial charge in [0.25, 0.3) is 5.91 Å². The summed E-state index contributed by atoms with van der Waals surface area (Å²) in [7, 11) is 1.57. The number of nitrogens with one attached hydrogen (secondary N) is 1. The molecule has 0 aromatic heterocycles. The minimum atomic E-state index is -0.154. The van der Waals surface area contributed by atoms with E-state index in [0.717, 1.165) is 17.3 Å². The minimum absolute atomic E-state index is 0.101. The average Bonchev–Trinajstić information content (AvgIpc) is 2.46. The Morgan fingerprint density at radius 1 is 1.26 bits per heavy atom. The van der Waals surface area contributed by atoms with Gasteiger partial charge in [0.2, 0.25) is 5.91 Å². The lowest BCUT2D eigenvalue weighted by molar-refractivity contribution is -0.121. The number of amides is 2. The van der Waals surface area contributed by atoms with Crippen LogP contribution in [0.15, 0.2) is 24.3 Å². The Labute approximate surface area is 122 Å². The summed E-state index contributed by atoms with van der Waals surface area (Å²) in [5.74, 6) is -0.259. The summed E-state index contributed by atoms with van der Waals surface area (Å²) in [5.41, 5.74) is 1.73. The number of carbonyl (C=O) groups is 2. The first kappa shape index (κ1) is 15.7. The molecule has 0 saturated heterocycles. The fraction of sp³-hybridized carbons (Fsp3) is 0.429. The minimum Gasteiger partial charge on any atom is -0.358 e. The molecule has 0 aliphatic heterocycles. The summed E-state index contributed by atoms with van der Waals surface area (Å²) >= 11 is 3.37. The number of likely N-dealkylation sites (N-methyl/N-ethyl adjacent to an activating group) is 1. The van der Waals surface area contributed by atoms with Gasteiger partial charge in [0, 0.05) is 24.5 Å². The number of halogens is 1. The summed E-state index contributed by atoms with van der Waals surface area (Å²) < 4.78 is 0. The van der Waals surface area contributed by atoms with Crippen molar-refractivity contribution in [1.82, 2.24) is 10.2 Å². The molecule has 2 amide bonds. The van der Waals surface area contributed by atoms with Crippen molar-refractivity contribution in [3.63, 3.8) is 0 Å². The van der Waals surface area contributed by atoms with Crippen LogP contribution in [0, 0.1) is 0 Å². The first-order valence-electron chi connectivity index (χ1n) is 6.27. The highest BCUT2D eigenvalue weighted by molar-refractivity contribution is 9.08. The smallest absolute Gasteiger partial charge is 0.254 e. The van der Waals surface area contributed by atoms with Crippen molar-refractivity contribution in [1.29, 1.82) is 0 Å². The van der Waals surface area contributed by atoms with Crippen LogP contribution in [0.25, 0.3) is 0 Å². The van der Waals surface area contributed by atoms with Crippen molar-refractivity contribution in [2.24, 2.45) is 0 Å². The maximum absolute atomic E-state index is 12.3. The molecule has 4 nitrogen and oxygen atoms in total. The monoisotopic (exact) mass is 326 g/mol. The first-order chi connectivity index (χ1) is 9.12. The van der Waals surface area contributed by atoms with Gasteiger partial charge in [-0.1, -0.05) is 35.0 Å². The molecule has 0 radical (unpaired) electrons. The average molecular weight is 327 g/mol. The van der Waals surface area contributed by atoms with Gasteiger partial charge in [-0.3, -0.25) is 9.59 Å². The Kier molecular flexibility index (Phi) is 6.56. The second-order valence-corrected chi connectivity index (χ2v) is 4.79.